The molecule has 2 N–H and O–H groups in total. The lowest BCUT2D eigenvalue weighted by Gasteiger charge is -2.17. The lowest BCUT2D eigenvalue weighted by Crippen LogP contribution is -2.23. The van der Waals surface area contributed by atoms with Crippen LogP contribution in [-0.2, 0) is 16.1 Å². The molecule has 10 nitrogen and oxygen atoms in total. The molecule has 1 saturated heterocycles. The second kappa shape index (κ2) is 7.49. The number of para-hydroxylation sites is 1. The SMILES string of the molecule is CC[C@H]1O[C@@H](n2cnc3c(N)ncnc32)CC1OCc1ccccc1[N+](=O)[O-]. The van der Waals surface area contributed by atoms with Gasteiger partial charge in [-0.15, -0.1) is 0 Å². The highest BCUT2D eigenvalue weighted by Crippen LogP contribution is 2.35. The van der Waals surface area contributed by atoms with Crippen molar-refractivity contribution in [2.45, 2.75) is 44.8 Å². The Morgan fingerprint density at radius 2 is 2.18 bits per heavy atom. The van der Waals surface area contributed by atoms with Crippen molar-refractivity contribution in [3.63, 3.8) is 0 Å². The summed E-state index contributed by atoms with van der Waals surface area (Å²) in [5.41, 5.74) is 7.58. The van der Waals surface area contributed by atoms with E-state index in [0.717, 1.165) is 6.42 Å². The molecule has 4 rings (SSSR count). The maximum absolute atomic E-state index is 11.2. The number of benzene rings is 1. The number of hydrogen-bond donors (Lipinski definition) is 1. The molecule has 1 aliphatic heterocycles. The van der Waals surface area contributed by atoms with Gasteiger partial charge in [-0.05, 0) is 12.5 Å². The third-order valence-electron chi connectivity index (χ3n) is 4.92. The Morgan fingerprint density at radius 3 is 2.96 bits per heavy atom. The van der Waals surface area contributed by atoms with Crippen LogP contribution in [0.3, 0.4) is 0 Å². The summed E-state index contributed by atoms with van der Waals surface area (Å²) in [5.74, 6) is 0.318. The van der Waals surface area contributed by atoms with Crippen molar-refractivity contribution in [3.05, 3.63) is 52.6 Å². The average molecular weight is 384 g/mol. The lowest BCUT2D eigenvalue weighted by molar-refractivity contribution is -0.386. The van der Waals surface area contributed by atoms with Crippen molar-refractivity contribution >= 4 is 22.7 Å². The van der Waals surface area contributed by atoms with Crippen molar-refractivity contribution in [1.82, 2.24) is 19.5 Å². The second-order valence-electron chi connectivity index (χ2n) is 6.59. The quantitative estimate of drug-likeness (QED) is 0.507. The topological polar surface area (TPSA) is 131 Å². The van der Waals surface area contributed by atoms with Gasteiger partial charge >= 0.3 is 0 Å². The molecule has 3 heterocycles. The van der Waals surface area contributed by atoms with Crippen molar-refractivity contribution < 1.29 is 14.4 Å². The zero-order valence-electron chi connectivity index (χ0n) is 15.3. The number of fused-ring (bicyclic) bond motifs is 1. The summed E-state index contributed by atoms with van der Waals surface area (Å²) < 4.78 is 14.0. The lowest BCUT2D eigenvalue weighted by atomic mass is 10.1. The monoisotopic (exact) mass is 384 g/mol. The molecule has 146 valence electrons. The van der Waals surface area contributed by atoms with Crippen molar-refractivity contribution in [3.8, 4) is 0 Å². The number of nitro benzene ring substituents is 1. The van der Waals surface area contributed by atoms with Crippen LogP contribution in [0.2, 0.25) is 0 Å². The third kappa shape index (κ3) is 3.27. The normalized spacial score (nSPS) is 22.0. The Labute approximate surface area is 160 Å². The molecule has 28 heavy (non-hydrogen) atoms. The average Bonchev–Trinajstić information content (AvgIpc) is 3.31. The minimum absolute atomic E-state index is 0.0544. The number of nitro groups is 1. The van der Waals surface area contributed by atoms with E-state index in [-0.39, 0.29) is 30.7 Å². The van der Waals surface area contributed by atoms with Gasteiger partial charge in [0.2, 0.25) is 0 Å². The van der Waals surface area contributed by atoms with E-state index >= 15 is 0 Å². The molecule has 0 amide bonds. The summed E-state index contributed by atoms with van der Waals surface area (Å²) in [6, 6.07) is 6.59. The van der Waals surface area contributed by atoms with Gasteiger partial charge in [0.05, 0.1) is 35.6 Å². The minimum Gasteiger partial charge on any atom is -0.382 e. The Morgan fingerprint density at radius 1 is 1.36 bits per heavy atom. The first-order valence-electron chi connectivity index (χ1n) is 9.00. The van der Waals surface area contributed by atoms with E-state index in [1.54, 1.807) is 24.5 Å². The predicted molar refractivity (Wildman–Crippen MR) is 100 cm³/mol. The van der Waals surface area contributed by atoms with E-state index in [1.807, 2.05) is 11.5 Å². The molecular formula is C18H20N6O4. The maximum atomic E-state index is 11.2. The Balaban J connectivity index is 1.52. The zero-order chi connectivity index (χ0) is 19.7. The number of nitrogens with two attached hydrogens (primary N) is 1. The van der Waals surface area contributed by atoms with Gasteiger partial charge < -0.3 is 15.2 Å². The number of rotatable bonds is 6. The van der Waals surface area contributed by atoms with E-state index in [1.165, 1.54) is 12.4 Å². The first-order valence-corrected chi connectivity index (χ1v) is 9.00. The summed E-state index contributed by atoms with van der Waals surface area (Å²) in [6.07, 6.45) is 3.72. The summed E-state index contributed by atoms with van der Waals surface area (Å²) in [7, 11) is 0. The summed E-state index contributed by atoms with van der Waals surface area (Å²) in [5, 5.41) is 11.2. The Hall–Kier alpha value is -3.11. The van der Waals surface area contributed by atoms with E-state index in [2.05, 4.69) is 15.0 Å². The molecule has 10 heteroatoms. The van der Waals surface area contributed by atoms with Crippen molar-refractivity contribution in [2.75, 3.05) is 5.73 Å². The number of nitrogens with zero attached hydrogens (tertiary/aromatic N) is 5. The third-order valence-corrected chi connectivity index (χ3v) is 4.92. The fourth-order valence-corrected chi connectivity index (χ4v) is 3.50. The van der Waals surface area contributed by atoms with Crippen LogP contribution < -0.4 is 5.73 Å². The molecule has 3 atom stereocenters. The number of anilines is 1. The van der Waals surface area contributed by atoms with Gasteiger partial charge in [-0.3, -0.25) is 14.7 Å². The largest absolute Gasteiger partial charge is 0.382 e. The standard InChI is InChI=1S/C18H20N6O4/c1-2-13-14(27-8-11-5-3-4-6-12(11)24(25)26)7-15(28-13)23-10-22-16-17(19)20-9-21-18(16)23/h3-6,9-10,13-15H,2,7-8H2,1H3,(H2,19,20,21)/t13-,14?,15-/m1/s1. The molecule has 1 unspecified atom stereocenters. The number of nitrogen functional groups attached to an aromatic ring is 1. The molecule has 0 spiro atoms. The highest BCUT2D eigenvalue weighted by atomic mass is 16.6. The number of hydrogen-bond acceptors (Lipinski definition) is 8. The smallest absolute Gasteiger partial charge is 0.274 e. The fourth-order valence-electron chi connectivity index (χ4n) is 3.50. The first kappa shape index (κ1) is 18.3. The van der Waals surface area contributed by atoms with E-state index in [0.29, 0.717) is 29.0 Å². The molecule has 1 aliphatic rings. The molecule has 1 aromatic carbocycles. The summed E-state index contributed by atoms with van der Waals surface area (Å²) in [6.45, 7) is 2.16. The highest BCUT2D eigenvalue weighted by molar-refractivity contribution is 5.81. The van der Waals surface area contributed by atoms with Gasteiger partial charge in [0.15, 0.2) is 11.5 Å². The van der Waals surface area contributed by atoms with Gasteiger partial charge in [0, 0.05) is 12.5 Å². The highest BCUT2D eigenvalue weighted by Gasteiger charge is 2.37. The summed E-state index contributed by atoms with van der Waals surface area (Å²) >= 11 is 0. The van der Waals surface area contributed by atoms with Gasteiger partial charge in [0.1, 0.15) is 18.1 Å². The van der Waals surface area contributed by atoms with Crippen molar-refractivity contribution in [1.29, 1.82) is 0 Å². The predicted octanol–water partition coefficient (Wildman–Crippen LogP) is 2.60. The molecule has 0 radical (unpaired) electrons. The van der Waals surface area contributed by atoms with E-state index in [4.69, 9.17) is 15.2 Å². The molecule has 2 aromatic heterocycles. The number of aromatic nitrogens is 4. The maximum Gasteiger partial charge on any atom is 0.274 e. The molecule has 3 aromatic rings. The first-order chi connectivity index (χ1) is 13.6. The molecule has 0 saturated carbocycles. The van der Waals surface area contributed by atoms with Gasteiger partial charge in [-0.25, -0.2) is 15.0 Å². The Bertz CT molecular complexity index is 1010. The molecule has 0 bridgehead atoms. The fraction of sp³-hybridized carbons (Fsp3) is 0.389. The number of ether oxygens (including phenoxy) is 2. The van der Waals surface area contributed by atoms with Crippen LogP contribution in [0.25, 0.3) is 11.2 Å². The number of imidazole rings is 1. The van der Waals surface area contributed by atoms with Gasteiger partial charge in [-0.2, -0.15) is 0 Å². The van der Waals surface area contributed by atoms with Crippen LogP contribution in [0.5, 0.6) is 0 Å². The van der Waals surface area contributed by atoms with Crippen LogP contribution in [0.1, 0.15) is 31.6 Å². The van der Waals surface area contributed by atoms with Gasteiger partial charge in [0.25, 0.3) is 5.69 Å². The van der Waals surface area contributed by atoms with E-state index in [9.17, 15) is 10.1 Å². The van der Waals surface area contributed by atoms with Crippen molar-refractivity contribution in [2.24, 2.45) is 0 Å². The zero-order valence-corrected chi connectivity index (χ0v) is 15.3. The van der Waals surface area contributed by atoms with Crippen LogP contribution >= 0.6 is 0 Å². The Kier molecular flexibility index (Phi) is 4.88. The second-order valence-corrected chi connectivity index (χ2v) is 6.59. The van der Waals surface area contributed by atoms with Crippen LogP contribution in [0.4, 0.5) is 11.5 Å². The molecule has 1 fully saturated rings. The minimum atomic E-state index is -0.397. The van der Waals surface area contributed by atoms with Crippen LogP contribution in [-0.4, -0.2) is 36.7 Å². The molecular weight excluding hydrogens is 364 g/mol. The van der Waals surface area contributed by atoms with E-state index < -0.39 is 4.92 Å². The molecule has 0 aliphatic carbocycles. The van der Waals surface area contributed by atoms with Crippen LogP contribution in [0, 0.1) is 10.1 Å². The van der Waals surface area contributed by atoms with Crippen LogP contribution in [0.15, 0.2) is 36.9 Å². The summed E-state index contributed by atoms with van der Waals surface area (Å²) in [4.78, 5) is 23.3. The van der Waals surface area contributed by atoms with Gasteiger partial charge in [-0.1, -0.05) is 19.1 Å².